The van der Waals surface area contributed by atoms with Crippen molar-refractivity contribution in [1.29, 1.82) is 0 Å². The first-order valence-electron chi connectivity index (χ1n) is 4.30. The molecule has 1 saturated heterocycles. The van der Waals surface area contributed by atoms with E-state index in [2.05, 4.69) is 6.58 Å². The lowest BCUT2D eigenvalue weighted by Crippen LogP contribution is -2.48. The van der Waals surface area contributed by atoms with E-state index in [1.54, 1.807) is 0 Å². The van der Waals surface area contributed by atoms with Crippen LogP contribution in [0, 0.1) is 5.92 Å². The van der Waals surface area contributed by atoms with Crippen molar-refractivity contribution in [2.75, 3.05) is 0 Å². The zero-order valence-corrected chi connectivity index (χ0v) is 7.55. The van der Waals surface area contributed by atoms with Crippen LogP contribution in [-0.2, 0) is 4.74 Å². The molecule has 2 heterocycles. The molecule has 1 fully saturated rings. The summed E-state index contributed by atoms with van der Waals surface area (Å²) >= 11 is 0. The van der Waals surface area contributed by atoms with Crippen LogP contribution in [0.5, 0.6) is 0 Å². The Balaban J connectivity index is 2.22. The molecule has 2 bridgehead atoms. The van der Waals surface area contributed by atoms with E-state index in [0.29, 0.717) is 12.3 Å². The smallest absolute Gasteiger partial charge is 0.234 e. The molecule has 2 heteroatoms. The van der Waals surface area contributed by atoms with Gasteiger partial charge in [0, 0.05) is 18.4 Å². The molecule has 0 radical (unpaired) electrons. The van der Waals surface area contributed by atoms with Crippen LogP contribution in [-0.4, -0.2) is 10.9 Å². The summed E-state index contributed by atoms with van der Waals surface area (Å²) in [7, 11) is 0. The summed E-state index contributed by atoms with van der Waals surface area (Å²) in [5.74, 6) is 0.427. The van der Waals surface area contributed by atoms with Gasteiger partial charge in [-0.1, -0.05) is 12.2 Å². The second-order valence-electron chi connectivity index (χ2n) is 3.89. The number of ether oxygens (including phenoxy) is 1. The minimum absolute atomic E-state index is 0.405. The molecule has 0 amide bonds. The lowest BCUT2D eigenvalue weighted by molar-refractivity contribution is -0.218. The molecule has 0 spiro atoms. The van der Waals surface area contributed by atoms with Crippen molar-refractivity contribution in [3.8, 4) is 0 Å². The van der Waals surface area contributed by atoms with Gasteiger partial charge >= 0.3 is 0 Å². The highest BCUT2D eigenvalue weighted by molar-refractivity contribution is 5.30. The molecule has 2 unspecified atom stereocenters. The Morgan fingerprint density at radius 2 is 2.42 bits per heavy atom. The molecule has 1 aliphatic carbocycles. The summed E-state index contributed by atoms with van der Waals surface area (Å²) in [6.07, 6.45) is 1.60. The second-order valence-corrected chi connectivity index (χ2v) is 3.89. The van der Waals surface area contributed by atoms with E-state index in [0.717, 1.165) is 23.3 Å². The van der Waals surface area contributed by atoms with Crippen molar-refractivity contribution >= 4 is 0 Å². The van der Waals surface area contributed by atoms with Crippen LogP contribution >= 0.6 is 0 Å². The van der Waals surface area contributed by atoms with E-state index in [9.17, 15) is 5.11 Å². The maximum absolute atomic E-state index is 9.81. The van der Waals surface area contributed by atoms with Gasteiger partial charge < -0.3 is 9.84 Å². The molecule has 0 aromatic carbocycles. The Labute approximate surface area is 72.5 Å². The highest BCUT2D eigenvalue weighted by Crippen LogP contribution is 2.49. The molecule has 2 aliphatic heterocycles. The second kappa shape index (κ2) is 2.13. The summed E-state index contributed by atoms with van der Waals surface area (Å²) in [4.78, 5) is 0. The largest absolute Gasteiger partial charge is 0.463 e. The number of hydrogen-bond donors (Lipinski definition) is 1. The third kappa shape index (κ3) is 0.845. The summed E-state index contributed by atoms with van der Waals surface area (Å²) in [6.45, 7) is 7.85. The van der Waals surface area contributed by atoms with Gasteiger partial charge in [0.15, 0.2) is 0 Å². The lowest BCUT2D eigenvalue weighted by Gasteiger charge is -2.48. The fraction of sp³-hybridized carbons (Fsp3) is 0.600. The number of aliphatic hydroxyl groups is 1. The van der Waals surface area contributed by atoms with E-state index < -0.39 is 5.79 Å². The number of hydrogen-bond acceptors (Lipinski definition) is 2. The summed E-state index contributed by atoms with van der Waals surface area (Å²) in [5.41, 5.74) is 2.15. The van der Waals surface area contributed by atoms with Crippen molar-refractivity contribution in [2.24, 2.45) is 5.92 Å². The van der Waals surface area contributed by atoms with Gasteiger partial charge in [0.05, 0.1) is 0 Å². The molecule has 3 rings (SSSR count). The quantitative estimate of drug-likeness (QED) is 0.603. The van der Waals surface area contributed by atoms with Gasteiger partial charge in [-0.05, 0) is 19.8 Å². The van der Waals surface area contributed by atoms with Gasteiger partial charge in [-0.25, -0.2) is 0 Å². The fourth-order valence-corrected chi connectivity index (χ4v) is 1.90. The third-order valence-electron chi connectivity index (χ3n) is 2.95. The highest BCUT2D eigenvalue weighted by atomic mass is 16.6. The summed E-state index contributed by atoms with van der Waals surface area (Å²) in [5, 5.41) is 9.81. The first-order chi connectivity index (χ1) is 5.53. The molecule has 3 aliphatic rings. The number of allylic oxidation sites excluding steroid dienone is 2. The van der Waals surface area contributed by atoms with Gasteiger partial charge in [0.2, 0.25) is 5.79 Å². The van der Waals surface area contributed by atoms with Crippen molar-refractivity contribution in [3.63, 3.8) is 0 Å². The SMILES string of the molecule is C=C(C)C1CC2=C(C)C(O)(C1)O2. The van der Waals surface area contributed by atoms with Crippen molar-refractivity contribution in [3.05, 3.63) is 23.5 Å². The molecule has 2 atom stereocenters. The highest BCUT2D eigenvalue weighted by Gasteiger charge is 2.50. The van der Waals surface area contributed by atoms with Gasteiger partial charge in [-0.15, -0.1) is 0 Å². The van der Waals surface area contributed by atoms with E-state index in [1.165, 1.54) is 0 Å². The Morgan fingerprint density at radius 1 is 1.75 bits per heavy atom. The van der Waals surface area contributed by atoms with Crippen LogP contribution < -0.4 is 0 Å². The third-order valence-corrected chi connectivity index (χ3v) is 2.95. The minimum Gasteiger partial charge on any atom is -0.463 e. The molecule has 2 nitrogen and oxygen atoms in total. The minimum atomic E-state index is -0.947. The molecule has 0 aromatic heterocycles. The van der Waals surface area contributed by atoms with Gasteiger partial charge in [0.25, 0.3) is 0 Å². The van der Waals surface area contributed by atoms with E-state index >= 15 is 0 Å². The fourth-order valence-electron chi connectivity index (χ4n) is 1.90. The monoisotopic (exact) mass is 166 g/mol. The Kier molecular flexibility index (Phi) is 1.40. The van der Waals surface area contributed by atoms with E-state index in [1.807, 2.05) is 13.8 Å². The topological polar surface area (TPSA) is 29.5 Å². The maximum Gasteiger partial charge on any atom is 0.234 e. The first-order valence-corrected chi connectivity index (χ1v) is 4.30. The first kappa shape index (κ1) is 7.87. The van der Waals surface area contributed by atoms with E-state index in [4.69, 9.17) is 4.74 Å². The standard InChI is InChI=1S/C10H14O2/c1-6(2)8-4-9-7(3)10(11,5-8)12-9/h8,11H,1,4-5H2,2-3H3. The van der Waals surface area contributed by atoms with Gasteiger partial charge in [0.1, 0.15) is 5.76 Å². The Bertz CT molecular complexity index is 278. The predicted octanol–water partition coefficient (Wildman–Crippen LogP) is 1.97. The van der Waals surface area contributed by atoms with Gasteiger partial charge in [-0.3, -0.25) is 0 Å². The molecular formula is C10H14O2. The van der Waals surface area contributed by atoms with Crippen LogP contribution in [0.25, 0.3) is 0 Å². The van der Waals surface area contributed by atoms with Crippen LogP contribution in [0.15, 0.2) is 23.5 Å². The summed E-state index contributed by atoms with van der Waals surface area (Å²) < 4.78 is 5.25. The predicted molar refractivity (Wildman–Crippen MR) is 46.3 cm³/mol. The van der Waals surface area contributed by atoms with Crippen molar-refractivity contribution in [2.45, 2.75) is 32.5 Å². The molecule has 0 saturated carbocycles. The lowest BCUT2D eigenvalue weighted by atomic mass is 9.77. The van der Waals surface area contributed by atoms with Crippen LogP contribution in [0.4, 0.5) is 0 Å². The number of rotatable bonds is 1. The van der Waals surface area contributed by atoms with Crippen LogP contribution in [0.2, 0.25) is 0 Å². The Hall–Kier alpha value is -0.760. The zero-order valence-electron chi connectivity index (χ0n) is 7.55. The van der Waals surface area contributed by atoms with Crippen LogP contribution in [0.1, 0.15) is 26.7 Å². The normalized spacial score (nSPS) is 38.8. The maximum atomic E-state index is 9.81. The molecule has 1 N–H and O–H groups in total. The summed E-state index contributed by atoms with van der Waals surface area (Å²) in [6, 6.07) is 0. The average molecular weight is 166 g/mol. The van der Waals surface area contributed by atoms with Gasteiger partial charge in [-0.2, -0.15) is 0 Å². The van der Waals surface area contributed by atoms with E-state index in [-0.39, 0.29) is 0 Å². The zero-order chi connectivity index (χ0) is 8.93. The molecular weight excluding hydrogens is 152 g/mol. The molecule has 0 aromatic rings. The molecule has 66 valence electrons. The molecule has 12 heavy (non-hydrogen) atoms. The van der Waals surface area contributed by atoms with Crippen LogP contribution in [0.3, 0.4) is 0 Å². The number of fused-ring (bicyclic) bond motifs is 2. The average Bonchev–Trinajstić information content (AvgIpc) is 2.03. The van der Waals surface area contributed by atoms with Crippen molar-refractivity contribution < 1.29 is 9.84 Å². The Morgan fingerprint density at radius 3 is 2.83 bits per heavy atom. The van der Waals surface area contributed by atoms with Crippen molar-refractivity contribution in [1.82, 2.24) is 0 Å².